The van der Waals surface area contributed by atoms with Gasteiger partial charge in [-0.2, -0.15) is 0 Å². The number of hydrogen-bond donors (Lipinski definition) is 2. The summed E-state index contributed by atoms with van der Waals surface area (Å²) < 4.78 is 7.20. The molecule has 9 heteroatoms. The van der Waals surface area contributed by atoms with Crippen molar-refractivity contribution in [1.29, 1.82) is 0 Å². The van der Waals surface area contributed by atoms with Gasteiger partial charge in [0.05, 0.1) is 23.8 Å². The molecule has 8 nitrogen and oxygen atoms in total. The lowest BCUT2D eigenvalue weighted by Crippen LogP contribution is -2.30. The quantitative estimate of drug-likeness (QED) is 0.757. The van der Waals surface area contributed by atoms with E-state index in [9.17, 15) is 4.79 Å². The number of piperidine rings is 1. The molecule has 3 heterocycles. The van der Waals surface area contributed by atoms with Crippen LogP contribution < -0.4 is 15.4 Å². The molecule has 2 aromatic heterocycles. The fourth-order valence-corrected chi connectivity index (χ4v) is 2.60. The molecule has 24 heavy (non-hydrogen) atoms. The molecule has 3 rings (SSSR count). The predicted octanol–water partition coefficient (Wildman–Crippen LogP) is 1.06. The highest BCUT2D eigenvalue weighted by atomic mass is 35.5. The van der Waals surface area contributed by atoms with Gasteiger partial charge in [0, 0.05) is 12.3 Å². The second-order valence-corrected chi connectivity index (χ2v) is 5.92. The molecule has 0 bridgehead atoms. The van der Waals surface area contributed by atoms with Gasteiger partial charge in [0.15, 0.2) is 5.69 Å². The number of ether oxygens (including phenoxy) is 1. The van der Waals surface area contributed by atoms with Crippen LogP contribution in [0.25, 0.3) is 0 Å². The van der Waals surface area contributed by atoms with E-state index in [4.69, 9.17) is 16.3 Å². The van der Waals surface area contributed by atoms with Crippen molar-refractivity contribution in [3.8, 4) is 5.88 Å². The number of nitrogens with zero attached hydrogens (tertiary/aromatic N) is 4. The lowest BCUT2D eigenvalue weighted by Gasteiger charge is -2.22. The molecule has 1 fully saturated rings. The minimum Gasteiger partial charge on any atom is -0.476 e. The van der Waals surface area contributed by atoms with Crippen LogP contribution in [0.2, 0.25) is 5.02 Å². The summed E-state index contributed by atoms with van der Waals surface area (Å²) in [7, 11) is 0. The van der Waals surface area contributed by atoms with Crippen LogP contribution in [0.1, 0.15) is 29.4 Å². The predicted molar refractivity (Wildman–Crippen MR) is 88.2 cm³/mol. The molecule has 2 aromatic rings. The summed E-state index contributed by atoms with van der Waals surface area (Å²) >= 11 is 5.75. The largest absolute Gasteiger partial charge is 0.476 e. The fraction of sp³-hybridized carbons (Fsp3) is 0.467. The first-order valence-electron chi connectivity index (χ1n) is 7.87. The monoisotopic (exact) mass is 350 g/mol. The molecular formula is C15H19ClN6O2. The van der Waals surface area contributed by atoms with Gasteiger partial charge >= 0.3 is 0 Å². The van der Waals surface area contributed by atoms with Crippen LogP contribution in [0.5, 0.6) is 5.88 Å². The molecule has 0 atom stereocenters. The third-order valence-electron chi connectivity index (χ3n) is 3.76. The Balaban J connectivity index is 1.43. The number of halogens is 1. The van der Waals surface area contributed by atoms with E-state index in [1.54, 1.807) is 23.0 Å². The molecule has 0 radical (unpaired) electrons. The molecule has 0 unspecified atom stereocenters. The Labute approximate surface area is 144 Å². The minimum absolute atomic E-state index is 0.261. The maximum atomic E-state index is 12.1. The number of carbonyl (C=O) groups excluding carboxylic acids is 1. The Morgan fingerprint density at radius 2 is 2.25 bits per heavy atom. The molecule has 2 N–H and O–H groups in total. The molecule has 0 spiro atoms. The average molecular weight is 351 g/mol. The summed E-state index contributed by atoms with van der Waals surface area (Å²) in [6.45, 7) is 2.58. The topological polar surface area (TPSA) is 94.0 Å². The Morgan fingerprint density at radius 3 is 3.00 bits per heavy atom. The van der Waals surface area contributed by atoms with E-state index in [1.165, 1.54) is 6.20 Å². The fourth-order valence-electron chi connectivity index (χ4n) is 2.49. The number of amides is 1. The van der Waals surface area contributed by atoms with E-state index in [0.29, 0.717) is 35.8 Å². The molecule has 1 amide bonds. The lowest BCUT2D eigenvalue weighted by molar-refractivity contribution is 0.0941. The summed E-state index contributed by atoms with van der Waals surface area (Å²) in [6, 6.07) is 3.68. The molecule has 1 aliphatic heterocycles. The zero-order valence-corrected chi connectivity index (χ0v) is 13.9. The number of rotatable bonds is 6. The first-order chi connectivity index (χ1) is 11.7. The van der Waals surface area contributed by atoms with Crippen molar-refractivity contribution in [3.63, 3.8) is 0 Å². The molecule has 0 aromatic carbocycles. The van der Waals surface area contributed by atoms with Gasteiger partial charge in [-0.3, -0.25) is 4.79 Å². The van der Waals surface area contributed by atoms with Crippen molar-refractivity contribution in [3.05, 3.63) is 35.2 Å². The van der Waals surface area contributed by atoms with Gasteiger partial charge in [-0.15, -0.1) is 5.10 Å². The van der Waals surface area contributed by atoms with Gasteiger partial charge in [-0.1, -0.05) is 16.8 Å². The summed E-state index contributed by atoms with van der Waals surface area (Å²) in [5.74, 6) is 0.202. The van der Waals surface area contributed by atoms with Crippen LogP contribution in [0.15, 0.2) is 24.5 Å². The van der Waals surface area contributed by atoms with Crippen molar-refractivity contribution >= 4 is 17.5 Å². The highest BCUT2D eigenvalue weighted by Crippen LogP contribution is 2.17. The van der Waals surface area contributed by atoms with Crippen LogP contribution in [-0.4, -0.2) is 52.1 Å². The first kappa shape index (κ1) is 16.7. The Bertz CT molecular complexity index is 669. The van der Waals surface area contributed by atoms with Gasteiger partial charge in [0.2, 0.25) is 5.88 Å². The SMILES string of the molecule is O=C(NCCOc1ccc(Cl)cn1)c1cn(C2CCNCC2)nn1. The van der Waals surface area contributed by atoms with E-state index in [-0.39, 0.29) is 5.91 Å². The van der Waals surface area contributed by atoms with Gasteiger partial charge in [-0.05, 0) is 32.0 Å². The number of carbonyl (C=O) groups is 1. The van der Waals surface area contributed by atoms with E-state index in [0.717, 1.165) is 25.9 Å². The third-order valence-corrected chi connectivity index (χ3v) is 3.99. The molecule has 0 aliphatic carbocycles. The van der Waals surface area contributed by atoms with Crippen LogP contribution in [0.3, 0.4) is 0 Å². The summed E-state index contributed by atoms with van der Waals surface area (Å²) in [6.07, 6.45) is 5.19. The highest BCUT2D eigenvalue weighted by molar-refractivity contribution is 6.30. The van der Waals surface area contributed by atoms with Crippen LogP contribution in [-0.2, 0) is 0 Å². The van der Waals surface area contributed by atoms with Crippen molar-refractivity contribution in [2.45, 2.75) is 18.9 Å². The van der Waals surface area contributed by atoms with Crippen LogP contribution in [0.4, 0.5) is 0 Å². The lowest BCUT2D eigenvalue weighted by atomic mass is 10.1. The van der Waals surface area contributed by atoms with Crippen molar-refractivity contribution in [2.75, 3.05) is 26.2 Å². The van der Waals surface area contributed by atoms with E-state index < -0.39 is 0 Å². The Hall–Kier alpha value is -2.19. The second kappa shape index (κ2) is 8.07. The first-order valence-corrected chi connectivity index (χ1v) is 8.25. The van der Waals surface area contributed by atoms with Crippen molar-refractivity contribution in [2.24, 2.45) is 0 Å². The van der Waals surface area contributed by atoms with E-state index in [2.05, 4.69) is 25.9 Å². The molecule has 0 saturated carbocycles. The Morgan fingerprint density at radius 1 is 1.42 bits per heavy atom. The van der Waals surface area contributed by atoms with Crippen LogP contribution >= 0.6 is 11.6 Å². The zero-order chi connectivity index (χ0) is 16.8. The van der Waals surface area contributed by atoms with Crippen molar-refractivity contribution in [1.82, 2.24) is 30.6 Å². The molecule has 128 valence electrons. The number of aromatic nitrogens is 4. The van der Waals surface area contributed by atoms with E-state index >= 15 is 0 Å². The van der Waals surface area contributed by atoms with Gasteiger partial charge in [-0.25, -0.2) is 9.67 Å². The number of nitrogens with one attached hydrogen (secondary N) is 2. The van der Waals surface area contributed by atoms with Crippen LogP contribution in [0, 0.1) is 0 Å². The zero-order valence-electron chi connectivity index (χ0n) is 13.1. The van der Waals surface area contributed by atoms with Gasteiger partial charge < -0.3 is 15.4 Å². The molecular weight excluding hydrogens is 332 g/mol. The number of hydrogen-bond acceptors (Lipinski definition) is 6. The smallest absolute Gasteiger partial charge is 0.273 e. The van der Waals surface area contributed by atoms with Gasteiger partial charge in [0.1, 0.15) is 6.61 Å². The second-order valence-electron chi connectivity index (χ2n) is 5.48. The standard InChI is InChI=1S/C15H19ClN6O2/c16-11-1-2-14(19-9-11)24-8-7-18-15(23)13-10-22(21-20-13)12-3-5-17-6-4-12/h1-2,9-10,12,17H,3-8H2,(H,18,23). The third kappa shape index (κ3) is 4.42. The summed E-state index contributed by atoms with van der Waals surface area (Å²) in [5, 5.41) is 14.6. The number of pyridine rings is 1. The average Bonchev–Trinajstić information content (AvgIpc) is 3.11. The molecule has 1 aliphatic rings. The normalized spacial score (nSPS) is 15.2. The summed E-state index contributed by atoms with van der Waals surface area (Å²) in [4.78, 5) is 16.1. The maximum Gasteiger partial charge on any atom is 0.273 e. The van der Waals surface area contributed by atoms with Gasteiger partial charge in [0.25, 0.3) is 5.91 Å². The van der Waals surface area contributed by atoms with Crippen molar-refractivity contribution < 1.29 is 9.53 Å². The maximum absolute atomic E-state index is 12.1. The van der Waals surface area contributed by atoms with E-state index in [1.807, 2.05) is 0 Å². The molecule has 1 saturated heterocycles. The minimum atomic E-state index is -0.261. The summed E-state index contributed by atoms with van der Waals surface area (Å²) in [5.41, 5.74) is 0.318. The highest BCUT2D eigenvalue weighted by Gasteiger charge is 2.18. The Kier molecular flexibility index (Phi) is 5.60.